The standard InChI is InChI=1S/C20H21ClN2O2/c1-11-13(10-22)17(12-6-5-7-16(25-4)19(12)21)18-14(23-11)8-20(2,3)9-15(18)24/h5-7,17,23H,8-9H2,1-4H3/t17-/m0/s1. The van der Waals surface area contributed by atoms with Crippen molar-refractivity contribution in [1.29, 1.82) is 5.26 Å². The van der Waals surface area contributed by atoms with Gasteiger partial charge in [0.25, 0.3) is 0 Å². The lowest BCUT2D eigenvalue weighted by Crippen LogP contribution is -2.36. The Balaban J connectivity index is 2.24. The van der Waals surface area contributed by atoms with Gasteiger partial charge in [-0.15, -0.1) is 0 Å². The molecule has 1 aromatic rings. The number of carbonyl (C=O) groups is 1. The second-order valence-corrected chi connectivity index (χ2v) is 7.78. The van der Waals surface area contributed by atoms with Crippen LogP contribution < -0.4 is 10.1 Å². The van der Waals surface area contributed by atoms with E-state index in [1.54, 1.807) is 13.2 Å². The van der Waals surface area contributed by atoms with Crippen LogP contribution >= 0.6 is 11.6 Å². The van der Waals surface area contributed by atoms with Gasteiger partial charge in [0.2, 0.25) is 0 Å². The highest BCUT2D eigenvalue weighted by Gasteiger charge is 2.41. The van der Waals surface area contributed by atoms with Gasteiger partial charge in [-0.2, -0.15) is 5.26 Å². The van der Waals surface area contributed by atoms with E-state index in [4.69, 9.17) is 16.3 Å². The molecule has 1 aliphatic heterocycles. The van der Waals surface area contributed by atoms with Crippen molar-refractivity contribution in [1.82, 2.24) is 5.32 Å². The van der Waals surface area contributed by atoms with E-state index < -0.39 is 5.92 Å². The summed E-state index contributed by atoms with van der Waals surface area (Å²) in [5.41, 5.74) is 3.51. The van der Waals surface area contributed by atoms with Crippen LogP contribution in [0.15, 0.2) is 40.7 Å². The summed E-state index contributed by atoms with van der Waals surface area (Å²) in [6.45, 7) is 6.04. The van der Waals surface area contributed by atoms with E-state index in [1.807, 2.05) is 19.1 Å². The first-order valence-electron chi connectivity index (χ1n) is 8.25. The fraction of sp³-hybridized carbons (Fsp3) is 0.400. The molecule has 0 radical (unpaired) electrons. The molecule has 3 rings (SSSR count). The van der Waals surface area contributed by atoms with Crippen molar-refractivity contribution < 1.29 is 9.53 Å². The molecule has 0 unspecified atom stereocenters. The number of allylic oxidation sites excluding steroid dienone is 4. The zero-order valence-electron chi connectivity index (χ0n) is 14.9. The number of hydrogen-bond acceptors (Lipinski definition) is 4. The van der Waals surface area contributed by atoms with Gasteiger partial charge in [0.1, 0.15) is 5.75 Å². The van der Waals surface area contributed by atoms with Crippen molar-refractivity contribution in [3.05, 3.63) is 51.3 Å². The van der Waals surface area contributed by atoms with Crippen LogP contribution in [0.1, 0.15) is 45.1 Å². The van der Waals surface area contributed by atoms with Gasteiger partial charge in [-0.05, 0) is 30.4 Å². The summed E-state index contributed by atoms with van der Waals surface area (Å²) in [5, 5.41) is 13.5. The fourth-order valence-electron chi connectivity index (χ4n) is 3.80. The molecule has 1 aromatic carbocycles. The molecule has 0 aromatic heterocycles. The number of Topliss-reactive ketones (excluding diaryl/α,β-unsaturated/α-hetero) is 1. The number of benzene rings is 1. The van der Waals surface area contributed by atoms with Crippen LogP contribution in [0.2, 0.25) is 5.02 Å². The van der Waals surface area contributed by atoms with Crippen LogP contribution in [0.25, 0.3) is 0 Å². The Morgan fingerprint density at radius 3 is 2.72 bits per heavy atom. The van der Waals surface area contributed by atoms with Gasteiger partial charge in [-0.3, -0.25) is 4.79 Å². The Morgan fingerprint density at radius 2 is 2.08 bits per heavy atom. The minimum absolute atomic E-state index is 0.0721. The molecule has 1 aliphatic carbocycles. The Bertz CT molecular complexity index is 859. The van der Waals surface area contributed by atoms with Gasteiger partial charge in [-0.25, -0.2) is 0 Å². The first-order chi connectivity index (χ1) is 11.8. The molecule has 25 heavy (non-hydrogen) atoms. The number of rotatable bonds is 2. The monoisotopic (exact) mass is 356 g/mol. The molecule has 5 heteroatoms. The molecule has 2 aliphatic rings. The van der Waals surface area contributed by atoms with E-state index in [1.165, 1.54) is 0 Å². The number of halogens is 1. The predicted octanol–water partition coefficient (Wildman–Crippen LogP) is 4.48. The third kappa shape index (κ3) is 2.94. The number of ether oxygens (including phenoxy) is 1. The Labute approximate surface area is 153 Å². The molecule has 0 bridgehead atoms. The van der Waals surface area contributed by atoms with E-state index in [0.29, 0.717) is 28.3 Å². The molecule has 0 saturated carbocycles. The highest BCUT2D eigenvalue weighted by atomic mass is 35.5. The number of methoxy groups -OCH3 is 1. The number of nitrogens with zero attached hydrogens (tertiary/aromatic N) is 1. The molecular weight excluding hydrogens is 336 g/mol. The van der Waals surface area contributed by atoms with E-state index in [-0.39, 0.29) is 11.2 Å². The second-order valence-electron chi connectivity index (χ2n) is 7.41. The zero-order valence-corrected chi connectivity index (χ0v) is 15.6. The quantitative estimate of drug-likeness (QED) is 0.848. The SMILES string of the molecule is COc1cccc([C@H]2C(C#N)=C(C)NC3=C2C(=O)CC(C)(C)C3)c1Cl. The number of nitriles is 1. The van der Waals surface area contributed by atoms with Crippen molar-refractivity contribution in [2.45, 2.75) is 39.5 Å². The topological polar surface area (TPSA) is 62.1 Å². The summed E-state index contributed by atoms with van der Waals surface area (Å²) in [7, 11) is 1.55. The van der Waals surface area contributed by atoms with Crippen LogP contribution in [0.5, 0.6) is 5.75 Å². The van der Waals surface area contributed by atoms with Gasteiger partial charge in [0.15, 0.2) is 5.78 Å². The number of carbonyl (C=O) groups excluding carboxylic acids is 1. The summed E-state index contributed by atoms with van der Waals surface area (Å²) in [4.78, 5) is 13.0. The van der Waals surface area contributed by atoms with Gasteiger partial charge in [-0.1, -0.05) is 37.6 Å². The lowest BCUT2D eigenvalue weighted by molar-refractivity contribution is -0.118. The van der Waals surface area contributed by atoms with Crippen molar-refractivity contribution in [2.75, 3.05) is 7.11 Å². The maximum atomic E-state index is 13.0. The third-order valence-corrected chi connectivity index (χ3v) is 5.29. The molecule has 1 heterocycles. The van der Waals surface area contributed by atoms with Gasteiger partial charge < -0.3 is 10.1 Å². The maximum absolute atomic E-state index is 13.0. The van der Waals surface area contributed by atoms with Crippen molar-refractivity contribution in [2.24, 2.45) is 5.41 Å². The Morgan fingerprint density at radius 1 is 1.36 bits per heavy atom. The zero-order chi connectivity index (χ0) is 18.4. The average Bonchev–Trinajstić information content (AvgIpc) is 2.52. The number of nitrogens with one attached hydrogen (secondary N) is 1. The van der Waals surface area contributed by atoms with E-state index in [9.17, 15) is 10.1 Å². The molecule has 0 amide bonds. The van der Waals surface area contributed by atoms with E-state index in [0.717, 1.165) is 23.4 Å². The third-order valence-electron chi connectivity index (χ3n) is 4.88. The average molecular weight is 357 g/mol. The number of ketones is 1. The predicted molar refractivity (Wildman–Crippen MR) is 97.2 cm³/mol. The minimum Gasteiger partial charge on any atom is -0.495 e. The Kier molecular flexibility index (Phi) is 4.38. The van der Waals surface area contributed by atoms with Crippen molar-refractivity contribution >= 4 is 17.4 Å². The molecule has 130 valence electrons. The number of dihydropyridines is 1. The summed E-state index contributed by atoms with van der Waals surface area (Å²) < 4.78 is 5.32. The molecular formula is C20H21ClN2O2. The van der Waals surface area contributed by atoms with Crippen molar-refractivity contribution in [3.63, 3.8) is 0 Å². The molecule has 0 fully saturated rings. The van der Waals surface area contributed by atoms with Crippen LogP contribution in [0, 0.1) is 16.7 Å². The largest absolute Gasteiger partial charge is 0.495 e. The first kappa shape index (κ1) is 17.6. The van der Waals surface area contributed by atoms with E-state index in [2.05, 4.69) is 25.2 Å². The lowest BCUT2D eigenvalue weighted by atomic mass is 9.69. The normalized spacial score (nSPS) is 22.2. The van der Waals surface area contributed by atoms with E-state index >= 15 is 0 Å². The van der Waals surface area contributed by atoms with Crippen LogP contribution in [-0.2, 0) is 4.79 Å². The van der Waals surface area contributed by atoms with Crippen LogP contribution in [0.3, 0.4) is 0 Å². The van der Waals surface area contributed by atoms with Crippen molar-refractivity contribution in [3.8, 4) is 11.8 Å². The van der Waals surface area contributed by atoms with Gasteiger partial charge >= 0.3 is 0 Å². The summed E-state index contributed by atoms with van der Waals surface area (Å²) in [6, 6.07) is 7.75. The van der Waals surface area contributed by atoms with Gasteiger partial charge in [0.05, 0.1) is 29.7 Å². The smallest absolute Gasteiger partial charge is 0.162 e. The highest BCUT2D eigenvalue weighted by molar-refractivity contribution is 6.33. The first-order valence-corrected chi connectivity index (χ1v) is 8.63. The van der Waals surface area contributed by atoms with Crippen LogP contribution in [-0.4, -0.2) is 12.9 Å². The summed E-state index contributed by atoms with van der Waals surface area (Å²) >= 11 is 6.54. The molecule has 1 N–H and O–H groups in total. The van der Waals surface area contributed by atoms with Gasteiger partial charge in [0, 0.05) is 23.4 Å². The highest BCUT2D eigenvalue weighted by Crippen LogP contribution is 2.48. The fourth-order valence-corrected chi connectivity index (χ4v) is 4.12. The lowest BCUT2D eigenvalue weighted by Gasteiger charge is -2.39. The Hall–Kier alpha value is -2.25. The molecule has 1 atom stereocenters. The molecule has 0 spiro atoms. The minimum atomic E-state index is -0.451. The molecule has 4 nitrogen and oxygen atoms in total. The summed E-state index contributed by atoms with van der Waals surface area (Å²) in [6.07, 6.45) is 1.23. The number of hydrogen-bond donors (Lipinski definition) is 1. The second kappa shape index (κ2) is 6.24. The van der Waals surface area contributed by atoms with Crippen LogP contribution in [0.4, 0.5) is 0 Å². The molecule has 0 saturated heterocycles. The maximum Gasteiger partial charge on any atom is 0.162 e. The summed E-state index contributed by atoms with van der Waals surface area (Å²) in [5.74, 6) is 0.161.